The van der Waals surface area contributed by atoms with E-state index in [2.05, 4.69) is 4.90 Å². The summed E-state index contributed by atoms with van der Waals surface area (Å²) >= 11 is 6.08. The third-order valence-electron chi connectivity index (χ3n) is 4.79. The zero-order chi connectivity index (χ0) is 19.1. The van der Waals surface area contributed by atoms with Crippen molar-refractivity contribution in [3.63, 3.8) is 0 Å². The van der Waals surface area contributed by atoms with E-state index in [-0.39, 0.29) is 11.7 Å². The van der Waals surface area contributed by atoms with Crippen LogP contribution in [0.1, 0.15) is 12.0 Å². The van der Waals surface area contributed by atoms with Gasteiger partial charge in [-0.15, -0.1) is 0 Å². The van der Waals surface area contributed by atoms with Gasteiger partial charge in [-0.3, -0.25) is 9.69 Å². The highest BCUT2D eigenvalue weighted by Crippen LogP contribution is 2.23. The van der Waals surface area contributed by atoms with Crippen LogP contribution in [0.25, 0.3) is 0 Å². The number of halogens is 2. The first-order chi connectivity index (χ1) is 13.1. The third kappa shape index (κ3) is 5.68. The van der Waals surface area contributed by atoms with Gasteiger partial charge in [0.05, 0.1) is 5.02 Å². The first-order valence-corrected chi connectivity index (χ1v) is 9.62. The highest BCUT2D eigenvalue weighted by atomic mass is 35.5. The predicted molar refractivity (Wildman–Crippen MR) is 105 cm³/mol. The fourth-order valence-electron chi connectivity index (χ4n) is 3.17. The van der Waals surface area contributed by atoms with Crippen LogP contribution in [0, 0.1) is 5.82 Å². The minimum Gasteiger partial charge on any atom is -0.491 e. The lowest BCUT2D eigenvalue weighted by Gasteiger charge is -2.34. The maximum Gasteiger partial charge on any atom is 0.222 e. The summed E-state index contributed by atoms with van der Waals surface area (Å²) in [6, 6.07) is 14.1. The number of carbonyl (C=O) groups is 1. The highest BCUT2D eigenvalue weighted by molar-refractivity contribution is 6.32. The largest absolute Gasteiger partial charge is 0.491 e. The normalized spacial score (nSPS) is 15.0. The zero-order valence-corrected chi connectivity index (χ0v) is 16.0. The molecular formula is C21H24ClFN2O2. The van der Waals surface area contributed by atoms with Gasteiger partial charge in [-0.05, 0) is 30.2 Å². The van der Waals surface area contributed by atoms with Gasteiger partial charge in [0.1, 0.15) is 18.2 Å². The van der Waals surface area contributed by atoms with Crippen molar-refractivity contribution in [3.8, 4) is 5.75 Å². The smallest absolute Gasteiger partial charge is 0.222 e. The summed E-state index contributed by atoms with van der Waals surface area (Å²) in [6.45, 7) is 4.38. The molecule has 1 amide bonds. The van der Waals surface area contributed by atoms with Crippen LogP contribution in [0.15, 0.2) is 48.5 Å². The molecule has 0 atom stereocenters. The van der Waals surface area contributed by atoms with Crippen LogP contribution >= 0.6 is 11.6 Å². The minimum atomic E-state index is -0.242. The van der Waals surface area contributed by atoms with E-state index >= 15 is 0 Å². The van der Waals surface area contributed by atoms with E-state index in [0.29, 0.717) is 48.9 Å². The Morgan fingerprint density at radius 3 is 2.48 bits per heavy atom. The van der Waals surface area contributed by atoms with Crippen molar-refractivity contribution < 1.29 is 13.9 Å². The molecule has 0 spiro atoms. The van der Waals surface area contributed by atoms with Crippen molar-refractivity contribution in [1.82, 2.24) is 9.80 Å². The minimum absolute atomic E-state index is 0.0882. The van der Waals surface area contributed by atoms with Crippen LogP contribution in [-0.2, 0) is 11.2 Å². The van der Waals surface area contributed by atoms with Crippen molar-refractivity contribution >= 4 is 17.5 Å². The molecule has 1 heterocycles. The van der Waals surface area contributed by atoms with Crippen molar-refractivity contribution in [2.45, 2.75) is 12.8 Å². The van der Waals surface area contributed by atoms with Crippen LogP contribution in [0.4, 0.5) is 4.39 Å². The van der Waals surface area contributed by atoms with E-state index in [9.17, 15) is 9.18 Å². The first kappa shape index (κ1) is 19.6. The molecule has 1 fully saturated rings. The quantitative estimate of drug-likeness (QED) is 0.723. The number of hydrogen-bond acceptors (Lipinski definition) is 3. The number of carbonyl (C=O) groups excluding carboxylic acids is 1. The number of aryl methyl sites for hydroxylation is 1. The average molecular weight is 391 g/mol. The Morgan fingerprint density at radius 1 is 1.04 bits per heavy atom. The number of amides is 1. The molecule has 0 aromatic heterocycles. The zero-order valence-electron chi connectivity index (χ0n) is 15.2. The summed E-state index contributed by atoms with van der Waals surface area (Å²) in [4.78, 5) is 16.5. The molecule has 0 N–H and O–H groups in total. The van der Waals surface area contributed by atoms with E-state index in [1.807, 2.05) is 29.2 Å². The van der Waals surface area contributed by atoms with Gasteiger partial charge in [0, 0.05) is 39.1 Å². The molecular weight excluding hydrogens is 367 g/mol. The van der Waals surface area contributed by atoms with Gasteiger partial charge in [-0.2, -0.15) is 0 Å². The lowest BCUT2D eigenvalue weighted by molar-refractivity contribution is -0.132. The van der Waals surface area contributed by atoms with E-state index in [0.717, 1.165) is 19.6 Å². The molecule has 144 valence electrons. The van der Waals surface area contributed by atoms with Crippen molar-refractivity contribution in [1.29, 1.82) is 0 Å². The Bertz CT molecular complexity index is 763. The topological polar surface area (TPSA) is 32.8 Å². The Labute approximate surface area is 164 Å². The van der Waals surface area contributed by atoms with Crippen LogP contribution in [0.5, 0.6) is 5.75 Å². The summed E-state index contributed by atoms with van der Waals surface area (Å²) in [7, 11) is 0. The van der Waals surface area contributed by atoms with Crippen molar-refractivity contribution in [2.75, 3.05) is 39.3 Å². The predicted octanol–water partition coefficient (Wildman–Crippen LogP) is 3.63. The van der Waals surface area contributed by atoms with E-state index in [1.54, 1.807) is 18.2 Å². The molecule has 0 unspecified atom stereocenters. The fraction of sp³-hybridized carbons (Fsp3) is 0.381. The van der Waals surface area contributed by atoms with Crippen LogP contribution < -0.4 is 4.74 Å². The van der Waals surface area contributed by atoms with Crippen LogP contribution in [-0.4, -0.2) is 55.0 Å². The van der Waals surface area contributed by atoms with E-state index in [4.69, 9.17) is 16.3 Å². The number of rotatable bonds is 7. The maximum absolute atomic E-state index is 13.6. The Kier molecular flexibility index (Phi) is 7.07. The van der Waals surface area contributed by atoms with E-state index < -0.39 is 0 Å². The number of para-hydroxylation sites is 1. The Hall–Kier alpha value is -2.11. The summed E-state index contributed by atoms with van der Waals surface area (Å²) in [6.07, 6.45) is 0.786. The molecule has 2 aromatic carbocycles. The summed E-state index contributed by atoms with van der Waals surface area (Å²) in [5.74, 6) is 0.542. The molecule has 1 aliphatic rings. The highest BCUT2D eigenvalue weighted by Gasteiger charge is 2.21. The Morgan fingerprint density at radius 2 is 1.74 bits per heavy atom. The van der Waals surface area contributed by atoms with Crippen molar-refractivity contribution in [2.24, 2.45) is 0 Å². The first-order valence-electron chi connectivity index (χ1n) is 9.24. The summed E-state index contributed by atoms with van der Waals surface area (Å²) in [5.41, 5.74) is 0.598. The number of nitrogens with zero attached hydrogens (tertiary/aromatic N) is 2. The lowest BCUT2D eigenvalue weighted by Crippen LogP contribution is -2.49. The van der Waals surface area contributed by atoms with Crippen LogP contribution in [0.2, 0.25) is 5.02 Å². The molecule has 1 saturated heterocycles. The number of hydrogen-bond donors (Lipinski definition) is 0. The maximum atomic E-state index is 13.6. The second-order valence-electron chi connectivity index (χ2n) is 6.59. The average Bonchev–Trinajstić information content (AvgIpc) is 2.69. The molecule has 0 radical (unpaired) electrons. The molecule has 2 aromatic rings. The molecule has 1 aliphatic heterocycles. The van der Waals surface area contributed by atoms with Crippen molar-refractivity contribution in [3.05, 3.63) is 64.9 Å². The van der Waals surface area contributed by atoms with Gasteiger partial charge >= 0.3 is 0 Å². The van der Waals surface area contributed by atoms with Gasteiger partial charge < -0.3 is 9.64 Å². The molecule has 0 aliphatic carbocycles. The van der Waals surface area contributed by atoms with Gasteiger partial charge in [0.15, 0.2) is 0 Å². The molecule has 3 rings (SSSR count). The second-order valence-corrected chi connectivity index (χ2v) is 7.00. The molecule has 0 saturated carbocycles. The lowest BCUT2D eigenvalue weighted by atomic mass is 10.1. The number of benzene rings is 2. The number of ether oxygens (including phenoxy) is 1. The summed E-state index contributed by atoms with van der Waals surface area (Å²) in [5, 5.41) is 0.614. The Balaban J connectivity index is 1.36. The summed E-state index contributed by atoms with van der Waals surface area (Å²) < 4.78 is 19.4. The SMILES string of the molecule is O=C(CCc1ccccc1F)N1CCN(CCOc2ccccc2Cl)CC1. The van der Waals surface area contributed by atoms with Gasteiger partial charge in [0.2, 0.25) is 5.91 Å². The third-order valence-corrected chi connectivity index (χ3v) is 5.11. The standard InChI is InChI=1S/C21H24ClFN2O2/c22-18-6-2-4-8-20(18)27-16-15-24-11-13-25(14-12-24)21(26)10-9-17-5-1-3-7-19(17)23/h1-8H,9-16H2. The molecule has 4 nitrogen and oxygen atoms in total. The number of piperazine rings is 1. The molecule has 6 heteroatoms. The van der Waals surface area contributed by atoms with Gasteiger partial charge in [-0.25, -0.2) is 4.39 Å². The van der Waals surface area contributed by atoms with Crippen LogP contribution in [0.3, 0.4) is 0 Å². The molecule has 27 heavy (non-hydrogen) atoms. The monoisotopic (exact) mass is 390 g/mol. The molecule has 0 bridgehead atoms. The van der Waals surface area contributed by atoms with Gasteiger partial charge in [-0.1, -0.05) is 41.9 Å². The van der Waals surface area contributed by atoms with E-state index in [1.165, 1.54) is 6.07 Å². The van der Waals surface area contributed by atoms with Gasteiger partial charge in [0.25, 0.3) is 0 Å². The second kappa shape index (κ2) is 9.72. The fourth-order valence-corrected chi connectivity index (χ4v) is 3.36.